The molecule has 3 aromatic rings. The number of rotatable bonds is 6. The molecule has 0 saturated carbocycles. The molecule has 0 amide bonds. The lowest BCUT2D eigenvalue weighted by molar-refractivity contribution is -0.153. The fraction of sp³-hybridized carbons (Fsp3) is 0.278. The van der Waals surface area contributed by atoms with Crippen molar-refractivity contribution >= 4 is 0 Å². The molecule has 2 heterocycles. The van der Waals surface area contributed by atoms with E-state index in [4.69, 9.17) is 9.26 Å². The lowest BCUT2D eigenvalue weighted by Crippen LogP contribution is -2.19. The summed E-state index contributed by atoms with van der Waals surface area (Å²) in [6.07, 6.45) is -3.23. The summed E-state index contributed by atoms with van der Waals surface area (Å²) in [5.41, 5.74) is 1.29. The van der Waals surface area contributed by atoms with Crippen LogP contribution in [0.15, 0.2) is 47.1 Å². The molecule has 1 unspecified atom stereocenters. The molecular weight excluding hydrogens is 363 g/mol. The van der Waals surface area contributed by atoms with Gasteiger partial charge in [-0.1, -0.05) is 24.2 Å². The van der Waals surface area contributed by atoms with E-state index in [9.17, 15) is 13.2 Å². The van der Waals surface area contributed by atoms with Crippen LogP contribution in [-0.4, -0.2) is 35.0 Å². The normalized spacial score (nSPS) is 12.6. The number of ether oxygens (including phenoxy) is 2. The molecule has 0 saturated heterocycles. The van der Waals surface area contributed by atoms with Crippen molar-refractivity contribution in [1.29, 1.82) is 0 Å². The van der Waals surface area contributed by atoms with Crippen LogP contribution in [0, 0.1) is 0 Å². The molecule has 0 spiro atoms. The number of methoxy groups -OCH3 is 1. The van der Waals surface area contributed by atoms with Crippen LogP contribution in [0.3, 0.4) is 0 Å². The van der Waals surface area contributed by atoms with Crippen molar-refractivity contribution in [2.45, 2.75) is 19.0 Å². The summed E-state index contributed by atoms with van der Waals surface area (Å²) in [5, 5.41) is 3.97. The van der Waals surface area contributed by atoms with E-state index in [1.807, 2.05) is 31.2 Å². The van der Waals surface area contributed by atoms with Crippen LogP contribution in [0.4, 0.5) is 13.2 Å². The van der Waals surface area contributed by atoms with Gasteiger partial charge in [0.25, 0.3) is 5.89 Å². The maximum Gasteiger partial charge on any atom is 0.422 e. The first-order valence-corrected chi connectivity index (χ1v) is 7.99. The molecule has 9 heteroatoms. The van der Waals surface area contributed by atoms with Crippen LogP contribution in [0.25, 0.3) is 11.6 Å². The molecule has 0 aliphatic heterocycles. The molecule has 0 radical (unpaired) electrons. The monoisotopic (exact) mass is 379 g/mol. The summed E-state index contributed by atoms with van der Waals surface area (Å²) in [6, 6.07) is 10.3. The van der Waals surface area contributed by atoms with Crippen LogP contribution in [0.1, 0.15) is 24.2 Å². The Morgan fingerprint density at radius 3 is 2.63 bits per heavy atom. The second-order valence-electron chi connectivity index (χ2n) is 5.74. The number of alkyl halides is 3. The summed E-state index contributed by atoms with van der Waals surface area (Å²) >= 11 is 0. The standard InChI is InChI=1S/C18H16F3N3O3/c1-11(12-4-3-5-13(8-12)25-2)16-23-17(27-24-16)15-7-6-14(9-22-15)26-10-18(19,20)21/h3-9,11H,10H2,1-2H3. The Morgan fingerprint density at radius 1 is 1.15 bits per heavy atom. The van der Waals surface area contributed by atoms with Crippen LogP contribution in [0.2, 0.25) is 0 Å². The fourth-order valence-electron chi connectivity index (χ4n) is 2.33. The average molecular weight is 379 g/mol. The molecule has 1 aromatic carbocycles. The fourth-order valence-corrected chi connectivity index (χ4v) is 2.33. The minimum atomic E-state index is -4.41. The SMILES string of the molecule is COc1cccc(C(C)c2noc(-c3ccc(OCC(F)(F)F)cn3)n2)c1. The van der Waals surface area contributed by atoms with Gasteiger partial charge in [0.2, 0.25) is 0 Å². The predicted molar refractivity (Wildman–Crippen MR) is 89.6 cm³/mol. The maximum atomic E-state index is 12.2. The Bertz CT molecular complexity index is 895. The van der Waals surface area contributed by atoms with Gasteiger partial charge < -0.3 is 14.0 Å². The number of aromatic nitrogens is 3. The van der Waals surface area contributed by atoms with Gasteiger partial charge in [0, 0.05) is 5.92 Å². The van der Waals surface area contributed by atoms with Crippen molar-refractivity contribution in [2.75, 3.05) is 13.7 Å². The second-order valence-corrected chi connectivity index (χ2v) is 5.74. The van der Waals surface area contributed by atoms with E-state index in [0.717, 1.165) is 11.3 Å². The Kier molecular flexibility index (Phi) is 5.29. The van der Waals surface area contributed by atoms with Gasteiger partial charge in [0.05, 0.1) is 13.3 Å². The quantitative estimate of drug-likeness (QED) is 0.638. The first-order chi connectivity index (χ1) is 12.9. The van der Waals surface area contributed by atoms with Gasteiger partial charge in [0.1, 0.15) is 17.2 Å². The van der Waals surface area contributed by atoms with Crippen molar-refractivity contribution in [2.24, 2.45) is 0 Å². The lowest BCUT2D eigenvalue weighted by atomic mass is 10.0. The predicted octanol–water partition coefficient (Wildman–Crippen LogP) is 4.23. The third kappa shape index (κ3) is 4.75. The van der Waals surface area contributed by atoms with Gasteiger partial charge in [-0.15, -0.1) is 0 Å². The molecule has 27 heavy (non-hydrogen) atoms. The average Bonchev–Trinajstić information content (AvgIpc) is 3.16. The van der Waals surface area contributed by atoms with Crippen LogP contribution in [-0.2, 0) is 0 Å². The van der Waals surface area contributed by atoms with Crippen molar-refractivity contribution in [3.63, 3.8) is 0 Å². The van der Waals surface area contributed by atoms with Gasteiger partial charge in [0.15, 0.2) is 12.4 Å². The van der Waals surface area contributed by atoms with Crippen LogP contribution >= 0.6 is 0 Å². The van der Waals surface area contributed by atoms with E-state index in [1.54, 1.807) is 7.11 Å². The van der Waals surface area contributed by atoms with E-state index in [-0.39, 0.29) is 17.6 Å². The largest absolute Gasteiger partial charge is 0.497 e. The molecule has 0 N–H and O–H groups in total. The molecule has 0 aliphatic rings. The van der Waals surface area contributed by atoms with E-state index in [0.29, 0.717) is 11.5 Å². The summed E-state index contributed by atoms with van der Waals surface area (Å²) in [6.45, 7) is 0.543. The number of hydrogen-bond acceptors (Lipinski definition) is 6. The molecule has 3 rings (SSSR count). The molecule has 6 nitrogen and oxygen atoms in total. The third-order valence-electron chi connectivity index (χ3n) is 3.78. The second kappa shape index (κ2) is 7.65. The number of halogens is 3. The Labute approximate surface area is 152 Å². The lowest BCUT2D eigenvalue weighted by Gasteiger charge is -2.09. The van der Waals surface area contributed by atoms with Crippen molar-refractivity contribution < 1.29 is 27.2 Å². The minimum Gasteiger partial charge on any atom is -0.497 e. The Hall–Kier alpha value is -3.10. The van der Waals surface area contributed by atoms with Gasteiger partial charge in [-0.05, 0) is 29.8 Å². The zero-order valence-corrected chi connectivity index (χ0v) is 14.5. The highest BCUT2D eigenvalue weighted by atomic mass is 19.4. The third-order valence-corrected chi connectivity index (χ3v) is 3.78. The molecule has 0 aliphatic carbocycles. The number of benzene rings is 1. The van der Waals surface area contributed by atoms with Gasteiger partial charge >= 0.3 is 6.18 Å². The minimum absolute atomic E-state index is 0.000521. The topological polar surface area (TPSA) is 70.3 Å². The van der Waals surface area contributed by atoms with Crippen molar-refractivity contribution in [3.8, 4) is 23.1 Å². The molecule has 0 fully saturated rings. The number of hydrogen-bond donors (Lipinski definition) is 0. The molecule has 2 aromatic heterocycles. The first kappa shape index (κ1) is 18.7. The zero-order chi connectivity index (χ0) is 19.4. The van der Waals surface area contributed by atoms with Crippen molar-refractivity contribution in [3.05, 3.63) is 54.0 Å². The van der Waals surface area contributed by atoms with E-state index in [2.05, 4.69) is 19.9 Å². The number of pyridine rings is 1. The highest BCUT2D eigenvalue weighted by Gasteiger charge is 2.28. The van der Waals surface area contributed by atoms with E-state index in [1.165, 1.54) is 18.3 Å². The number of nitrogens with zero attached hydrogens (tertiary/aromatic N) is 3. The summed E-state index contributed by atoms with van der Waals surface area (Å²) in [4.78, 5) is 8.34. The summed E-state index contributed by atoms with van der Waals surface area (Å²) < 4.78 is 51.6. The van der Waals surface area contributed by atoms with Crippen molar-refractivity contribution in [1.82, 2.24) is 15.1 Å². The zero-order valence-electron chi connectivity index (χ0n) is 14.5. The van der Waals surface area contributed by atoms with Gasteiger partial charge in [-0.2, -0.15) is 18.2 Å². The molecular formula is C18H16F3N3O3. The highest BCUT2D eigenvalue weighted by Crippen LogP contribution is 2.27. The maximum absolute atomic E-state index is 12.2. The van der Waals surface area contributed by atoms with Crippen LogP contribution in [0.5, 0.6) is 11.5 Å². The Balaban J connectivity index is 1.73. The molecule has 1 atom stereocenters. The summed E-state index contributed by atoms with van der Waals surface area (Å²) in [7, 11) is 1.59. The summed E-state index contributed by atoms with van der Waals surface area (Å²) in [5.74, 6) is 1.20. The van der Waals surface area contributed by atoms with Crippen LogP contribution < -0.4 is 9.47 Å². The van der Waals surface area contributed by atoms with E-state index >= 15 is 0 Å². The van der Waals surface area contributed by atoms with E-state index < -0.39 is 12.8 Å². The Morgan fingerprint density at radius 2 is 1.96 bits per heavy atom. The first-order valence-electron chi connectivity index (χ1n) is 7.99. The van der Waals surface area contributed by atoms with Gasteiger partial charge in [-0.25, -0.2) is 4.98 Å². The highest BCUT2D eigenvalue weighted by molar-refractivity contribution is 5.47. The van der Waals surface area contributed by atoms with Gasteiger partial charge in [-0.3, -0.25) is 0 Å². The molecule has 0 bridgehead atoms. The molecule has 142 valence electrons. The smallest absolute Gasteiger partial charge is 0.422 e.